The van der Waals surface area contributed by atoms with Crippen LogP contribution in [0.4, 0.5) is 11.4 Å². The van der Waals surface area contributed by atoms with Gasteiger partial charge in [-0.1, -0.05) is 20.9 Å². The van der Waals surface area contributed by atoms with Crippen molar-refractivity contribution in [2.45, 2.75) is 49.7 Å². The highest BCUT2D eigenvalue weighted by atomic mass is 32.2. The van der Waals surface area contributed by atoms with E-state index < -0.39 is 32.3 Å². The number of aliphatic hydroxyl groups is 2. The molecule has 2 amide bonds. The predicted octanol–water partition coefficient (Wildman–Crippen LogP) is 1.56. The fraction of sp³-hybridized carbons (Fsp3) is 0.407. The number of likely N-dealkylation sites (N-methyl/N-ethyl adjacent to an activating group) is 1. The zero-order valence-electron chi connectivity index (χ0n) is 21.6. The number of rotatable bonds is 8. The van der Waals surface area contributed by atoms with E-state index in [1.807, 2.05) is 0 Å². The zero-order valence-corrected chi connectivity index (χ0v) is 23.2. The van der Waals surface area contributed by atoms with E-state index in [9.17, 15) is 36.6 Å². The van der Waals surface area contributed by atoms with E-state index in [-0.39, 0.29) is 43.0 Å². The Bertz CT molecular complexity index is 1410. The van der Waals surface area contributed by atoms with Crippen LogP contribution in [0.2, 0.25) is 0 Å². The quantitative estimate of drug-likeness (QED) is 0.378. The molecule has 2 aromatic carbocycles. The monoisotopic (exact) mass is 612 g/mol. The van der Waals surface area contributed by atoms with Crippen LogP contribution in [-0.4, -0.2) is 89.1 Å². The van der Waals surface area contributed by atoms with E-state index >= 15 is 0 Å². The number of sulfonamides is 2. The number of nitrogens with one attached hydrogen (secondary N) is 1. The van der Waals surface area contributed by atoms with Gasteiger partial charge in [0, 0.05) is 50.9 Å². The molecule has 2 heterocycles. The first-order chi connectivity index (χ1) is 18.3. The van der Waals surface area contributed by atoms with Crippen LogP contribution in [0.25, 0.3) is 0 Å². The summed E-state index contributed by atoms with van der Waals surface area (Å²) in [5.74, 6) is -0.700. The van der Waals surface area contributed by atoms with Crippen LogP contribution < -0.4 is 14.5 Å². The lowest BCUT2D eigenvalue weighted by atomic mass is 10.3. The van der Waals surface area contributed by atoms with Gasteiger partial charge < -0.3 is 20.0 Å². The van der Waals surface area contributed by atoms with Gasteiger partial charge in [-0.15, -0.1) is 6.58 Å². The molecular formula is C27H40N4O8S2. The topological polar surface area (TPSA) is 165 Å². The zero-order chi connectivity index (χ0) is 29.0. The van der Waals surface area contributed by atoms with E-state index in [2.05, 4.69) is 11.3 Å². The maximum atomic E-state index is 12.2. The van der Waals surface area contributed by atoms with Crippen molar-refractivity contribution in [3.05, 3.63) is 61.2 Å². The lowest BCUT2D eigenvalue weighted by molar-refractivity contribution is -0.124. The van der Waals surface area contributed by atoms with Gasteiger partial charge >= 0.3 is 0 Å². The largest absolute Gasteiger partial charge is 0.383 e. The van der Waals surface area contributed by atoms with Crippen LogP contribution in [0, 0.1) is 0 Å². The summed E-state index contributed by atoms with van der Waals surface area (Å²) >= 11 is 0. The third kappa shape index (κ3) is 7.99. The van der Waals surface area contributed by atoms with E-state index in [1.165, 1.54) is 58.5 Å². The first-order valence-electron chi connectivity index (χ1n) is 12.0. The number of anilines is 2. The molecule has 0 saturated carbocycles. The van der Waals surface area contributed by atoms with Crippen molar-refractivity contribution in [1.82, 2.24) is 9.03 Å². The Hall–Kier alpha value is -3.14. The van der Waals surface area contributed by atoms with Crippen LogP contribution in [0.1, 0.15) is 27.7 Å². The van der Waals surface area contributed by atoms with E-state index in [0.29, 0.717) is 37.3 Å². The minimum Gasteiger partial charge on any atom is -0.383 e. The molecule has 0 aliphatic carbocycles. The second-order valence-corrected chi connectivity index (χ2v) is 12.8. The fourth-order valence-electron chi connectivity index (χ4n) is 4.02. The molecule has 0 unspecified atom stereocenters. The maximum Gasteiger partial charge on any atom is 0.255 e. The van der Waals surface area contributed by atoms with E-state index in [4.69, 9.17) is 0 Å². The van der Waals surface area contributed by atoms with Gasteiger partial charge in [0.25, 0.3) is 11.8 Å². The highest BCUT2D eigenvalue weighted by Crippen LogP contribution is 2.25. The third-order valence-electron chi connectivity index (χ3n) is 6.32. The highest BCUT2D eigenvalue weighted by Gasteiger charge is 2.32. The number of amides is 2. The average Bonchev–Trinajstić information content (AvgIpc) is 3.44. The van der Waals surface area contributed by atoms with E-state index in [0.717, 1.165) is 0 Å². The summed E-state index contributed by atoms with van der Waals surface area (Å²) < 4.78 is 50.9. The summed E-state index contributed by atoms with van der Waals surface area (Å²) in [6.07, 6.45) is 0.380. The predicted molar refractivity (Wildman–Crippen MR) is 159 cm³/mol. The number of hydrogen-bond acceptors (Lipinski definition) is 8. The number of carbonyl (C=O) groups excluding carboxylic acids is 2. The molecule has 0 bridgehead atoms. The van der Waals surface area contributed by atoms with Crippen molar-refractivity contribution in [3.63, 3.8) is 0 Å². The molecule has 2 atom stereocenters. The van der Waals surface area contributed by atoms with Crippen LogP contribution in [0.5, 0.6) is 0 Å². The first-order valence-corrected chi connectivity index (χ1v) is 15.0. The van der Waals surface area contributed by atoms with Crippen molar-refractivity contribution in [1.29, 1.82) is 0 Å². The Morgan fingerprint density at radius 1 is 0.854 bits per heavy atom. The molecule has 0 aromatic heterocycles. The summed E-state index contributed by atoms with van der Waals surface area (Å²) in [4.78, 5) is 26.5. The molecule has 4 rings (SSSR count). The minimum absolute atomic E-state index is 0. The highest BCUT2D eigenvalue weighted by molar-refractivity contribution is 7.89. The average molecular weight is 613 g/mol. The maximum absolute atomic E-state index is 12.2. The standard InChI is InChI=1S/C14H18N2O4S.C11H14N2O4S.2CH4/c1-3-9-15(2)21(19,20)12-6-4-11(5-7-12)16-10-8-13(17)14(16)18;1-12-18(16,17)9-4-2-8(3-5-9)13-7-6-10(14)11(13)15;;/h3-7,13,17H,1,8-10H2,2H3;2-5,10,12,14H,6-7H2,1H3;2*1H4/t13-;10-;;/m11../s1. The summed E-state index contributed by atoms with van der Waals surface area (Å²) in [5.41, 5.74) is 1.17. The number of benzene rings is 2. The SMILES string of the molecule is C.C.C=CCN(C)S(=O)(=O)c1ccc(N2CC[C@@H](O)C2=O)cc1.CNS(=O)(=O)c1ccc(N2CC[C@@H](O)C2=O)cc1. The molecule has 14 heteroatoms. The van der Waals surface area contributed by atoms with Crippen LogP contribution in [0.15, 0.2) is 71.0 Å². The van der Waals surface area contributed by atoms with E-state index in [1.54, 1.807) is 24.3 Å². The molecule has 2 aliphatic heterocycles. The third-order valence-corrected chi connectivity index (χ3v) is 9.59. The summed E-state index contributed by atoms with van der Waals surface area (Å²) in [7, 11) is -4.21. The summed E-state index contributed by atoms with van der Waals surface area (Å²) in [6, 6.07) is 12.0. The Morgan fingerprint density at radius 3 is 1.56 bits per heavy atom. The molecule has 228 valence electrons. The van der Waals surface area contributed by atoms with Gasteiger partial charge in [-0.25, -0.2) is 21.6 Å². The normalized spacial score (nSPS) is 18.9. The number of aliphatic hydroxyl groups excluding tert-OH is 2. The van der Waals surface area contributed by atoms with Crippen LogP contribution in [-0.2, 0) is 29.6 Å². The second-order valence-electron chi connectivity index (χ2n) is 8.86. The van der Waals surface area contributed by atoms with Gasteiger partial charge in [0.2, 0.25) is 20.0 Å². The van der Waals surface area contributed by atoms with Crippen molar-refractivity contribution < 1.29 is 36.6 Å². The van der Waals surface area contributed by atoms with Crippen molar-refractivity contribution in [3.8, 4) is 0 Å². The molecule has 2 saturated heterocycles. The molecule has 12 nitrogen and oxygen atoms in total. The van der Waals surface area contributed by atoms with Crippen molar-refractivity contribution in [2.24, 2.45) is 0 Å². The molecule has 0 spiro atoms. The Morgan fingerprint density at radius 2 is 1.24 bits per heavy atom. The lowest BCUT2D eigenvalue weighted by Crippen LogP contribution is -2.29. The van der Waals surface area contributed by atoms with Gasteiger partial charge in [0.05, 0.1) is 9.79 Å². The number of hydrogen-bond donors (Lipinski definition) is 3. The number of nitrogens with zero attached hydrogens (tertiary/aromatic N) is 3. The van der Waals surface area contributed by atoms with Crippen LogP contribution in [0.3, 0.4) is 0 Å². The van der Waals surface area contributed by atoms with Crippen molar-refractivity contribution in [2.75, 3.05) is 43.5 Å². The number of carbonyl (C=O) groups is 2. The summed E-state index contributed by atoms with van der Waals surface area (Å²) in [6.45, 7) is 4.61. The Labute approximate surface area is 243 Å². The molecule has 2 aliphatic rings. The molecule has 2 aromatic rings. The summed E-state index contributed by atoms with van der Waals surface area (Å²) in [5, 5.41) is 18.8. The molecule has 3 N–H and O–H groups in total. The van der Waals surface area contributed by atoms with Gasteiger partial charge in [0.15, 0.2) is 0 Å². The second kappa shape index (κ2) is 14.7. The van der Waals surface area contributed by atoms with Crippen molar-refractivity contribution >= 4 is 43.2 Å². The van der Waals surface area contributed by atoms with Crippen LogP contribution >= 0.6 is 0 Å². The smallest absolute Gasteiger partial charge is 0.255 e. The Balaban J connectivity index is 0.000000395. The molecular weight excluding hydrogens is 572 g/mol. The minimum atomic E-state index is -3.56. The van der Waals surface area contributed by atoms with Gasteiger partial charge in [-0.2, -0.15) is 4.31 Å². The molecule has 2 fully saturated rings. The first kappa shape index (κ1) is 35.9. The molecule has 41 heavy (non-hydrogen) atoms. The van der Waals surface area contributed by atoms with Gasteiger partial charge in [-0.3, -0.25) is 9.59 Å². The van der Waals surface area contributed by atoms with Gasteiger partial charge in [-0.05, 0) is 55.6 Å². The molecule has 0 radical (unpaired) electrons. The Kier molecular flexibility index (Phi) is 12.8. The van der Waals surface area contributed by atoms with Gasteiger partial charge in [0.1, 0.15) is 12.2 Å². The fourth-order valence-corrected chi connectivity index (χ4v) is 5.90. The lowest BCUT2D eigenvalue weighted by Gasteiger charge is -2.18.